The van der Waals surface area contributed by atoms with E-state index in [1.165, 1.54) is 0 Å². The first kappa shape index (κ1) is 23.6. The highest BCUT2D eigenvalue weighted by Gasteiger charge is 2.27. The van der Waals surface area contributed by atoms with E-state index in [-0.39, 0.29) is 12.3 Å². The van der Waals surface area contributed by atoms with E-state index in [0.29, 0.717) is 12.8 Å². The van der Waals surface area contributed by atoms with Crippen LogP contribution in [0, 0.1) is 0 Å². The van der Waals surface area contributed by atoms with Gasteiger partial charge in [0.15, 0.2) is 0 Å². The number of carboxylic acids is 1. The van der Waals surface area contributed by atoms with Gasteiger partial charge in [0.1, 0.15) is 12.1 Å². The van der Waals surface area contributed by atoms with Gasteiger partial charge in [-0.25, -0.2) is 4.79 Å². The Labute approximate surface area is 167 Å². The van der Waals surface area contributed by atoms with Gasteiger partial charge in [-0.05, 0) is 18.4 Å². The fourth-order valence-corrected chi connectivity index (χ4v) is 2.83. The van der Waals surface area contributed by atoms with Crippen LogP contribution in [0.5, 0.6) is 0 Å². The smallest absolute Gasteiger partial charge is 0.326 e. The number of carboxylic acid groups (broad SMARTS) is 1. The van der Waals surface area contributed by atoms with Gasteiger partial charge in [0, 0.05) is 6.42 Å². The Hall–Kier alpha value is -2.41. The van der Waals surface area contributed by atoms with E-state index in [0.717, 1.165) is 31.2 Å². The van der Waals surface area contributed by atoms with Crippen LogP contribution in [0.15, 0.2) is 30.3 Å². The summed E-state index contributed by atoms with van der Waals surface area (Å²) in [7, 11) is 0. The van der Waals surface area contributed by atoms with Gasteiger partial charge >= 0.3 is 5.97 Å². The van der Waals surface area contributed by atoms with Crippen molar-refractivity contribution in [3.05, 3.63) is 35.9 Å². The Kier molecular flexibility index (Phi) is 10.9. The van der Waals surface area contributed by atoms with Gasteiger partial charge in [-0.3, -0.25) is 9.59 Å². The van der Waals surface area contributed by atoms with E-state index in [4.69, 9.17) is 5.73 Å². The standard InChI is InChI=1S/C21H33N3O4/c1-3-5-12-16(22)19(25)23-17(13-6-4-2)20(26)24-18(21(27)28)14-15-10-8-7-9-11-15/h7-11,16-18H,3-6,12-14,22H2,1-2H3,(H,23,25)(H,24,26)(H,27,28)/t16-,17-,18-/m0/s1. The van der Waals surface area contributed by atoms with Crippen molar-refractivity contribution in [1.82, 2.24) is 10.6 Å². The Bertz CT molecular complexity index is 621. The number of nitrogens with one attached hydrogen (secondary N) is 2. The fraction of sp³-hybridized carbons (Fsp3) is 0.571. The molecule has 0 saturated carbocycles. The Morgan fingerprint density at radius 2 is 1.50 bits per heavy atom. The molecule has 0 unspecified atom stereocenters. The predicted molar refractivity (Wildman–Crippen MR) is 109 cm³/mol. The molecule has 0 aliphatic rings. The summed E-state index contributed by atoms with van der Waals surface area (Å²) < 4.78 is 0. The number of aliphatic carboxylic acids is 1. The van der Waals surface area contributed by atoms with Crippen molar-refractivity contribution >= 4 is 17.8 Å². The van der Waals surface area contributed by atoms with Crippen LogP contribution in [0.3, 0.4) is 0 Å². The summed E-state index contributed by atoms with van der Waals surface area (Å²) in [4.78, 5) is 36.6. The molecule has 0 aliphatic heterocycles. The molecule has 0 heterocycles. The van der Waals surface area contributed by atoms with Gasteiger partial charge in [0.25, 0.3) is 0 Å². The van der Waals surface area contributed by atoms with Crippen molar-refractivity contribution in [2.45, 2.75) is 76.9 Å². The molecule has 28 heavy (non-hydrogen) atoms. The van der Waals surface area contributed by atoms with E-state index >= 15 is 0 Å². The van der Waals surface area contributed by atoms with Gasteiger partial charge in [0.2, 0.25) is 11.8 Å². The van der Waals surface area contributed by atoms with E-state index in [1.54, 1.807) is 0 Å². The lowest BCUT2D eigenvalue weighted by Gasteiger charge is -2.23. The highest BCUT2D eigenvalue weighted by molar-refractivity contribution is 5.91. The van der Waals surface area contributed by atoms with Crippen LogP contribution in [0.2, 0.25) is 0 Å². The van der Waals surface area contributed by atoms with E-state index in [9.17, 15) is 19.5 Å². The Morgan fingerprint density at radius 3 is 2.07 bits per heavy atom. The molecule has 0 fully saturated rings. The maximum absolute atomic E-state index is 12.7. The molecule has 0 saturated heterocycles. The first-order valence-corrected chi connectivity index (χ1v) is 10.0. The molecule has 3 atom stereocenters. The molecule has 0 bridgehead atoms. The minimum atomic E-state index is -1.11. The van der Waals surface area contributed by atoms with Crippen LogP contribution in [0.4, 0.5) is 0 Å². The van der Waals surface area contributed by atoms with E-state index < -0.39 is 30.0 Å². The molecule has 5 N–H and O–H groups in total. The molecule has 0 aliphatic carbocycles. The number of hydrogen-bond donors (Lipinski definition) is 4. The minimum absolute atomic E-state index is 0.173. The molecular formula is C21H33N3O4. The second-order valence-corrected chi connectivity index (χ2v) is 7.04. The summed E-state index contributed by atoms with van der Waals surface area (Å²) in [5.41, 5.74) is 6.71. The summed E-state index contributed by atoms with van der Waals surface area (Å²) in [5.74, 6) is -1.98. The lowest BCUT2D eigenvalue weighted by atomic mass is 10.0. The van der Waals surface area contributed by atoms with Crippen LogP contribution in [-0.2, 0) is 20.8 Å². The summed E-state index contributed by atoms with van der Waals surface area (Å²) in [5, 5.41) is 14.8. The number of amides is 2. The lowest BCUT2D eigenvalue weighted by molar-refractivity contribution is -0.142. The molecule has 0 spiro atoms. The van der Waals surface area contributed by atoms with E-state index in [2.05, 4.69) is 10.6 Å². The van der Waals surface area contributed by atoms with Crippen molar-refractivity contribution < 1.29 is 19.5 Å². The molecule has 1 rings (SSSR count). The third-order valence-electron chi connectivity index (χ3n) is 4.58. The monoisotopic (exact) mass is 391 g/mol. The number of benzene rings is 1. The second kappa shape index (κ2) is 12.9. The van der Waals surface area contributed by atoms with Crippen molar-refractivity contribution in [2.75, 3.05) is 0 Å². The molecule has 156 valence electrons. The van der Waals surface area contributed by atoms with Crippen molar-refractivity contribution in [3.63, 3.8) is 0 Å². The molecule has 2 amide bonds. The number of carbonyl (C=O) groups is 3. The Balaban J connectivity index is 2.77. The summed E-state index contributed by atoms with van der Waals surface area (Å²) in [6, 6.07) is 6.57. The van der Waals surface area contributed by atoms with Gasteiger partial charge < -0.3 is 21.5 Å². The van der Waals surface area contributed by atoms with Crippen LogP contribution in [0.25, 0.3) is 0 Å². The molecule has 1 aromatic carbocycles. The number of rotatable bonds is 13. The molecule has 7 nitrogen and oxygen atoms in total. The predicted octanol–water partition coefficient (Wildman–Crippen LogP) is 1.99. The molecular weight excluding hydrogens is 358 g/mol. The molecule has 7 heteroatoms. The number of carbonyl (C=O) groups excluding carboxylic acids is 2. The average Bonchev–Trinajstić information content (AvgIpc) is 2.69. The van der Waals surface area contributed by atoms with Crippen molar-refractivity contribution in [2.24, 2.45) is 5.73 Å². The first-order chi connectivity index (χ1) is 13.4. The topological polar surface area (TPSA) is 122 Å². The largest absolute Gasteiger partial charge is 0.480 e. The number of hydrogen-bond acceptors (Lipinski definition) is 4. The zero-order valence-electron chi connectivity index (χ0n) is 16.8. The maximum Gasteiger partial charge on any atom is 0.326 e. The van der Waals surface area contributed by atoms with Crippen LogP contribution < -0.4 is 16.4 Å². The highest BCUT2D eigenvalue weighted by atomic mass is 16.4. The van der Waals surface area contributed by atoms with Gasteiger partial charge in [-0.15, -0.1) is 0 Å². The van der Waals surface area contributed by atoms with Crippen LogP contribution in [0.1, 0.15) is 57.9 Å². The van der Waals surface area contributed by atoms with Gasteiger partial charge in [0.05, 0.1) is 6.04 Å². The van der Waals surface area contributed by atoms with Crippen molar-refractivity contribution in [3.8, 4) is 0 Å². The maximum atomic E-state index is 12.7. The van der Waals surface area contributed by atoms with E-state index in [1.807, 2.05) is 44.2 Å². The van der Waals surface area contributed by atoms with Crippen LogP contribution in [-0.4, -0.2) is 41.0 Å². The lowest BCUT2D eigenvalue weighted by Crippen LogP contribution is -2.54. The molecule has 0 radical (unpaired) electrons. The van der Waals surface area contributed by atoms with Gasteiger partial charge in [-0.1, -0.05) is 69.9 Å². The summed E-state index contributed by atoms with van der Waals surface area (Å²) >= 11 is 0. The molecule has 1 aromatic rings. The van der Waals surface area contributed by atoms with Crippen molar-refractivity contribution in [1.29, 1.82) is 0 Å². The molecule has 0 aromatic heterocycles. The quantitative estimate of drug-likeness (QED) is 0.410. The third kappa shape index (κ3) is 8.52. The van der Waals surface area contributed by atoms with Crippen LogP contribution >= 0.6 is 0 Å². The number of nitrogens with two attached hydrogens (primary N) is 1. The normalized spacial score (nSPS) is 14.0. The summed E-state index contributed by atoms with van der Waals surface area (Å²) in [6.07, 6.45) is 4.51. The summed E-state index contributed by atoms with van der Waals surface area (Å²) in [6.45, 7) is 4.00. The Morgan fingerprint density at radius 1 is 0.929 bits per heavy atom. The minimum Gasteiger partial charge on any atom is -0.480 e. The highest BCUT2D eigenvalue weighted by Crippen LogP contribution is 2.07. The fourth-order valence-electron chi connectivity index (χ4n) is 2.83. The number of unbranched alkanes of at least 4 members (excludes halogenated alkanes) is 2. The second-order valence-electron chi connectivity index (χ2n) is 7.04. The average molecular weight is 392 g/mol. The third-order valence-corrected chi connectivity index (χ3v) is 4.58. The zero-order chi connectivity index (χ0) is 20.9. The van der Waals surface area contributed by atoms with Gasteiger partial charge in [-0.2, -0.15) is 0 Å². The zero-order valence-corrected chi connectivity index (χ0v) is 16.8. The SMILES string of the molecule is CCCC[C@H](NC(=O)[C@@H](N)CCCC)C(=O)N[C@@H](Cc1ccccc1)C(=O)O. The first-order valence-electron chi connectivity index (χ1n) is 10.0.